The van der Waals surface area contributed by atoms with Gasteiger partial charge in [0.05, 0.1) is 11.4 Å². The van der Waals surface area contributed by atoms with Crippen molar-refractivity contribution in [2.75, 3.05) is 0 Å². The Kier molecular flexibility index (Phi) is 4.50. The Balaban J connectivity index is 1.88. The molecule has 3 nitrogen and oxygen atoms in total. The number of carbonyl (C=O) groups is 1. The van der Waals surface area contributed by atoms with Crippen LogP contribution in [0.25, 0.3) is 5.57 Å². The first kappa shape index (κ1) is 15.8. The Morgan fingerprint density at radius 1 is 1.13 bits per heavy atom. The number of phenolic OH excluding ortho intramolecular Hbond substituents is 1. The number of carbonyl (C=O) groups excluding carboxylic acids is 1. The van der Waals surface area contributed by atoms with Gasteiger partial charge in [-0.05, 0) is 35.8 Å². The Hall–Kier alpha value is -2.11. The van der Waals surface area contributed by atoms with Crippen molar-refractivity contribution in [2.24, 2.45) is 0 Å². The third kappa shape index (κ3) is 3.30. The second kappa shape index (κ2) is 6.56. The summed E-state index contributed by atoms with van der Waals surface area (Å²) < 4.78 is 0.576. The minimum atomic E-state index is -0.0607. The second-order valence-electron chi connectivity index (χ2n) is 5.25. The second-order valence-corrected chi connectivity index (χ2v) is 6.89. The average molecular weight is 341 g/mol. The monoisotopic (exact) mass is 341 g/mol. The first-order chi connectivity index (χ1) is 11.1. The number of hydrogen-bond acceptors (Lipinski definition) is 4. The smallest absolute Gasteiger partial charge is 0.266 e. The molecule has 5 heteroatoms. The van der Waals surface area contributed by atoms with Crippen LogP contribution in [0.15, 0.2) is 59.5 Å². The van der Waals surface area contributed by atoms with Gasteiger partial charge in [0, 0.05) is 0 Å². The quantitative estimate of drug-likeness (QED) is 0.671. The Labute approximate surface area is 144 Å². The number of amides is 1. The summed E-state index contributed by atoms with van der Waals surface area (Å²) in [6, 6.07) is 16.6. The summed E-state index contributed by atoms with van der Waals surface area (Å²) in [7, 11) is 0. The summed E-state index contributed by atoms with van der Waals surface area (Å²) in [5, 5.41) is 9.39. The van der Waals surface area contributed by atoms with Crippen LogP contribution in [0.5, 0.6) is 5.75 Å². The molecule has 2 aromatic rings. The predicted molar refractivity (Wildman–Crippen MR) is 97.9 cm³/mol. The van der Waals surface area contributed by atoms with E-state index < -0.39 is 0 Å². The number of aromatic hydroxyl groups is 1. The third-order valence-corrected chi connectivity index (χ3v) is 5.22. The molecule has 1 amide bonds. The van der Waals surface area contributed by atoms with E-state index >= 15 is 0 Å². The first-order valence-electron chi connectivity index (χ1n) is 7.14. The molecule has 2 aromatic carbocycles. The minimum absolute atomic E-state index is 0.0607. The maximum absolute atomic E-state index is 12.7. The van der Waals surface area contributed by atoms with Gasteiger partial charge < -0.3 is 5.11 Å². The molecule has 0 radical (unpaired) electrons. The van der Waals surface area contributed by atoms with Crippen LogP contribution in [0, 0.1) is 0 Å². The molecule has 0 aromatic heterocycles. The van der Waals surface area contributed by atoms with E-state index in [0.29, 0.717) is 15.8 Å². The first-order valence-corrected chi connectivity index (χ1v) is 8.36. The lowest BCUT2D eigenvalue weighted by atomic mass is 10.1. The number of hydrogen-bond donors (Lipinski definition) is 1. The molecule has 23 heavy (non-hydrogen) atoms. The fourth-order valence-electron chi connectivity index (χ4n) is 2.37. The maximum atomic E-state index is 12.7. The van der Waals surface area contributed by atoms with E-state index in [-0.39, 0.29) is 11.7 Å². The topological polar surface area (TPSA) is 40.5 Å². The Morgan fingerprint density at radius 2 is 1.78 bits per heavy atom. The number of nitrogens with zero attached hydrogens (tertiary/aromatic N) is 1. The van der Waals surface area contributed by atoms with Gasteiger partial charge in [-0.1, -0.05) is 66.4 Å². The molecule has 0 atom stereocenters. The molecule has 1 fully saturated rings. The largest absolute Gasteiger partial charge is 0.508 e. The van der Waals surface area contributed by atoms with Crippen molar-refractivity contribution in [3.63, 3.8) is 0 Å². The van der Waals surface area contributed by atoms with E-state index in [1.54, 1.807) is 29.2 Å². The van der Waals surface area contributed by atoms with Gasteiger partial charge in [0.15, 0.2) is 0 Å². The van der Waals surface area contributed by atoms with Gasteiger partial charge >= 0.3 is 0 Å². The normalized spacial score (nSPS) is 16.8. The molecule has 0 bridgehead atoms. The zero-order valence-electron chi connectivity index (χ0n) is 12.5. The van der Waals surface area contributed by atoms with Crippen LogP contribution in [-0.4, -0.2) is 20.2 Å². The summed E-state index contributed by atoms with van der Waals surface area (Å²) in [5.41, 5.74) is 2.83. The van der Waals surface area contributed by atoms with Crippen molar-refractivity contribution >= 4 is 39.8 Å². The van der Waals surface area contributed by atoms with Crippen LogP contribution in [0.4, 0.5) is 0 Å². The van der Waals surface area contributed by atoms with E-state index in [1.807, 2.05) is 37.3 Å². The van der Waals surface area contributed by atoms with Gasteiger partial charge in [0.1, 0.15) is 10.1 Å². The van der Waals surface area contributed by atoms with E-state index in [2.05, 4.69) is 0 Å². The zero-order chi connectivity index (χ0) is 16.4. The summed E-state index contributed by atoms with van der Waals surface area (Å²) in [6.45, 7) is 2.39. The van der Waals surface area contributed by atoms with Crippen molar-refractivity contribution < 1.29 is 9.90 Å². The lowest BCUT2D eigenvalue weighted by Gasteiger charge is -2.14. The number of phenols is 1. The summed E-state index contributed by atoms with van der Waals surface area (Å²) in [6.07, 6.45) is 0. The van der Waals surface area contributed by atoms with Crippen LogP contribution >= 0.6 is 24.0 Å². The molecular weight excluding hydrogens is 326 g/mol. The van der Waals surface area contributed by atoms with Gasteiger partial charge in [0.2, 0.25) is 0 Å². The minimum Gasteiger partial charge on any atom is -0.508 e. The summed E-state index contributed by atoms with van der Waals surface area (Å²) in [4.78, 5) is 15.0. The molecule has 1 aliphatic heterocycles. The Morgan fingerprint density at radius 3 is 2.43 bits per heavy atom. The van der Waals surface area contributed by atoms with Crippen LogP contribution in [0.1, 0.15) is 18.1 Å². The molecular formula is C18H15NO2S2. The fraction of sp³-hybridized carbons (Fsp3) is 0.111. The summed E-state index contributed by atoms with van der Waals surface area (Å²) >= 11 is 6.71. The van der Waals surface area contributed by atoms with E-state index in [0.717, 1.165) is 16.7 Å². The molecule has 0 saturated carbocycles. The average Bonchev–Trinajstić information content (AvgIpc) is 2.84. The molecule has 1 N–H and O–H groups in total. The van der Waals surface area contributed by atoms with Gasteiger partial charge in [-0.2, -0.15) is 0 Å². The van der Waals surface area contributed by atoms with Crippen molar-refractivity contribution in [2.45, 2.75) is 13.5 Å². The highest BCUT2D eigenvalue weighted by atomic mass is 32.2. The number of thioether (sulfide) groups is 1. The molecule has 0 unspecified atom stereocenters. The van der Waals surface area contributed by atoms with Crippen LogP contribution in [0.3, 0.4) is 0 Å². The lowest BCUT2D eigenvalue weighted by molar-refractivity contribution is -0.122. The van der Waals surface area contributed by atoms with Crippen LogP contribution in [-0.2, 0) is 11.3 Å². The molecule has 1 aliphatic rings. The van der Waals surface area contributed by atoms with Crippen LogP contribution < -0.4 is 0 Å². The van der Waals surface area contributed by atoms with Crippen molar-refractivity contribution in [3.05, 3.63) is 70.6 Å². The third-order valence-electron chi connectivity index (χ3n) is 3.67. The molecule has 3 rings (SSSR count). The predicted octanol–water partition coefficient (Wildman–Crippen LogP) is 4.18. The van der Waals surface area contributed by atoms with Gasteiger partial charge in [-0.3, -0.25) is 9.69 Å². The lowest BCUT2D eigenvalue weighted by Crippen LogP contribution is -2.27. The highest BCUT2D eigenvalue weighted by Gasteiger charge is 2.33. The standard InChI is InChI=1S/C18H15NO2S2/c1-12(14-7-9-15(20)10-8-14)16-17(21)19(18(22)23-16)11-13-5-3-2-4-6-13/h2-10,20H,11H2,1H3/b16-12-. The highest BCUT2D eigenvalue weighted by molar-refractivity contribution is 8.26. The molecule has 1 saturated heterocycles. The molecule has 0 spiro atoms. The number of benzene rings is 2. The van der Waals surface area contributed by atoms with Crippen molar-refractivity contribution in [1.82, 2.24) is 4.90 Å². The van der Waals surface area contributed by atoms with Crippen LogP contribution in [0.2, 0.25) is 0 Å². The van der Waals surface area contributed by atoms with E-state index in [1.165, 1.54) is 11.8 Å². The molecule has 116 valence electrons. The fourth-order valence-corrected chi connectivity index (χ4v) is 3.67. The number of allylic oxidation sites excluding steroid dienone is 1. The highest BCUT2D eigenvalue weighted by Crippen LogP contribution is 2.37. The zero-order valence-corrected chi connectivity index (χ0v) is 14.2. The molecule has 1 heterocycles. The SMILES string of the molecule is C/C(=C1/SC(=S)N(Cc2ccccc2)C1=O)c1ccc(O)cc1. The van der Waals surface area contributed by atoms with Gasteiger partial charge in [-0.15, -0.1) is 0 Å². The van der Waals surface area contributed by atoms with Crippen molar-refractivity contribution in [1.29, 1.82) is 0 Å². The Bertz CT molecular complexity index is 782. The van der Waals surface area contributed by atoms with E-state index in [4.69, 9.17) is 12.2 Å². The van der Waals surface area contributed by atoms with E-state index in [9.17, 15) is 9.90 Å². The molecule has 0 aliphatic carbocycles. The van der Waals surface area contributed by atoms with Gasteiger partial charge in [0.25, 0.3) is 5.91 Å². The van der Waals surface area contributed by atoms with Gasteiger partial charge in [-0.25, -0.2) is 0 Å². The maximum Gasteiger partial charge on any atom is 0.266 e. The van der Waals surface area contributed by atoms with Crippen molar-refractivity contribution in [3.8, 4) is 5.75 Å². The summed E-state index contributed by atoms with van der Waals surface area (Å²) in [5.74, 6) is 0.146. The number of rotatable bonds is 3. The number of thiocarbonyl (C=S) groups is 1.